The molecule has 3 unspecified atom stereocenters. The molecule has 3 heteroatoms. The number of hydrogen-bond acceptors (Lipinski definition) is 3. The van der Waals surface area contributed by atoms with Crippen molar-refractivity contribution in [1.29, 1.82) is 0 Å². The Labute approximate surface area is 105 Å². The smallest absolute Gasteiger partial charge is 0.122 e. The Morgan fingerprint density at radius 2 is 2.06 bits per heavy atom. The molecule has 2 N–H and O–H groups in total. The summed E-state index contributed by atoms with van der Waals surface area (Å²) in [5, 5.41) is 0. The van der Waals surface area contributed by atoms with Gasteiger partial charge >= 0.3 is 0 Å². The van der Waals surface area contributed by atoms with Crippen LogP contribution < -0.4 is 5.73 Å². The molecular formula is C14H26N2O. The highest BCUT2D eigenvalue weighted by molar-refractivity contribution is 5.07. The molecule has 0 bridgehead atoms. The van der Waals surface area contributed by atoms with Gasteiger partial charge in [-0.05, 0) is 31.5 Å². The van der Waals surface area contributed by atoms with E-state index in [1.807, 2.05) is 12.1 Å². The molecule has 0 saturated heterocycles. The maximum atomic E-state index is 6.22. The van der Waals surface area contributed by atoms with E-state index in [1.54, 1.807) is 6.26 Å². The van der Waals surface area contributed by atoms with E-state index in [4.69, 9.17) is 10.2 Å². The number of likely N-dealkylation sites (N-methyl/N-ethyl adjacent to an activating group) is 1. The van der Waals surface area contributed by atoms with Crippen LogP contribution in [-0.2, 0) is 0 Å². The van der Waals surface area contributed by atoms with Gasteiger partial charge in [-0.3, -0.25) is 4.90 Å². The summed E-state index contributed by atoms with van der Waals surface area (Å²) in [6.07, 6.45) is 3.87. The fourth-order valence-electron chi connectivity index (χ4n) is 2.17. The molecule has 0 aliphatic rings. The SMILES string of the molecule is CCC(C)CN(C)C(c1ccco1)C(N)CC. The van der Waals surface area contributed by atoms with E-state index < -0.39 is 0 Å². The lowest BCUT2D eigenvalue weighted by Crippen LogP contribution is -2.40. The second-order valence-electron chi connectivity index (χ2n) is 4.99. The van der Waals surface area contributed by atoms with Crippen LogP contribution in [0.15, 0.2) is 22.8 Å². The summed E-state index contributed by atoms with van der Waals surface area (Å²) in [6.45, 7) is 7.67. The first kappa shape index (κ1) is 14.3. The Kier molecular flexibility index (Phi) is 5.72. The van der Waals surface area contributed by atoms with E-state index in [2.05, 4.69) is 32.7 Å². The molecule has 0 fully saturated rings. The zero-order valence-electron chi connectivity index (χ0n) is 11.5. The molecule has 98 valence electrons. The van der Waals surface area contributed by atoms with Crippen molar-refractivity contribution in [1.82, 2.24) is 4.90 Å². The second kappa shape index (κ2) is 6.82. The number of nitrogens with two attached hydrogens (primary N) is 1. The quantitative estimate of drug-likeness (QED) is 0.794. The predicted molar refractivity (Wildman–Crippen MR) is 71.8 cm³/mol. The van der Waals surface area contributed by atoms with Crippen molar-refractivity contribution in [3.8, 4) is 0 Å². The minimum atomic E-state index is 0.121. The average Bonchev–Trinajstić information content (AvgIpc) is 2.82. The molecule has 0 radical (unpaired) electrons. The fourth-order valence-corrected chi connectivity index (χ4v) is 2.17. The molecule has 0 saturated carbocycles. The van der Waals surface area contributed by atoms with Gasteiger partial charge in [-0.2, -0.15) is 0 Å². The van der Waals surface area contributed by atoms with Crippen LogP contribution in [0.2, 0.25) is 0 Å². The highest BCUT2D eigenvalue weighted by Crippen LogP contribution is 2.25. The minimum absolute atomic E-state index is 0.121. The summed E-state index contributed by atoms with van der Waals surface area (Å²) in [5.41, 5.74) is 6.22. The molecule has 1 aromatic heterocycles. The fraction of sp³-hybridized carbons (Fsp3) is 0.714. The summed E-state index contributed by atoms with van der Waals surface area (Å²) in [4.78, 5) is 2.32. The van der Waals surface area contributed by atoms with Gasteiger partial charge in [-0.25, -0.2) is 0 Å². The van der Waals surface area contributed by atoms with Crippen molar-refractivity contribution in [3.05, 3.63) is 24.2 Å². The molecule has 0 amide bonds. The summed E-state index contributed by atoms with van der Waals surface area (Å²) in [6, 6.07) is 4.26. The normalized spacial score (nSPS) is 17.1. The number of nitrogens with zero attached hydrogens (tertiary/aromatic N) is 1. The van der Waals surface area contributed by atoms with Crippen LogP contribution in [-0.4, -0.2) is 24.5 Å². The Bertz CT molecular complexity index is 297. The predicted octanol–water partition coefficient (Wildman–Crippen LogP) is 3.04. The lowest BCUT2D eigenvalue weighted by Gasteiger charge is -2.32. The molecule has 1 aromatic rings. The Morgan fingerprint density at radius 1 is 1.35 bits per heavy atom. The molecule has 0 aliphatic carbocycles. The Balaban J connectivity index is 2.76. The number of rotatable bonds is 7. The van der Waals surface area contributed by atoms with Crippen LogP contribution in [0.1, 0.15) is 45.4 Å². The van der Waals surface area contributed by atoms with Gasteiger partial charge in [0, 0.05) is 12.6 Å². The van der Waals surface area contributed by atoms with Crippen molar-refractivity contribution in [2.75, 3.05) is 13.6 Å². The van der Waals surface area contributed by atoms with Crippen molar-refractivity contribution < 1.29 is 4.42 Å². The molecule has 1 rings (SSSR count). The van der Waals surface area contributed by atoms with E-state index in [0.717, 1.165) is 18.7 Å². The first-order valence-corrected chi connectivity index (χ1v) is 6.59. The molecule has 0 spiro atoms. The van der Waals surface area contributed by atoms with Crippen LogP contribution in [0.25, 0.3) is 0 Å². The van der Waals surface area contributed by atoms with Gasteiger partial charge in [0.1, 0.15) is 5.76 Å². The molecule has 0 aromatic carbocycles. The Morgan fingerprint density at radius 3 is 2.53 bits per heavy atom. The van der Waals surface area contributed by atoms with Gasteiger partial charge in [0.2, 0.25) is 0 Å². The third kappa shape index (κ3) is 3.86. The van der Waals surface area contributed by atoms with Crippen LogP contribution in [0, 0.1) is 5.92 Å². The van der Waals surface area contributed by atoms with Gasteiger partial charge < -0.3 is 10.2 Å². The topological polar surface area (TPSA) is 42.4 Å². The molecular weight excluding hydrogens is 212 g/mol. The largest absolute Gasteiger partial charge is 0.468 e. The van der Waals surface area contributed by atoms with Crippen molar-refractivity contribution in [2.45, 2.75) is 45.7 Å². The zero-order chi connectivity index (χ0) is 12.8. The van der Waals surface area contributed by atoms with E-state index in [1.165, 1.54) is 6.42 Å². The van der Waals surface area contributed by atoms with Gasteiger partial charge in [0.15, 0.2) is 0 Å². The van der Waals surface area contributed by atoms with E-state index >= 15 is 0 Å². The number of hydrogen-bond donors (Lipinski definition) is 1. The number of furan rings is 1. The summed E-state index contributed by atoms with van der Waals surface area (Å²) in [5.74, 6) is 1.66. The summed E-state index contributed by atoms with van der Waals surface area (Å²) >= 11 is 0. The standard InChI is InChI=1S/C14H26N2O/c1-5-11(3)10-16(4)14(12(15)6-2)13-8-7-9-17-13/h7-9,11-12,14H,5-6,10,15H2,1-4H3. The van der Waals surface area contributed by atoms with Crippen LogP contribution in [0.5, 0.6) is 0 Å². The van der Waals surface area contributed by atoms with Gasteiger partial charge in [0.05, 0.1) is 12.3 Å². The van der Waals surface area contributed by atoms with E-state index in [0.29, 0.717) is 5.92 Å². The van der Waals surface area contributed by atoms with Gasteiger partial charge in [-0.1, -0.05) is 27.2 Å². The van der Waals surface area contributed by atoms with Crippen molar-refractivity contribution in [2.24, 2.45) is 11.7 Å². The van der Waals surface area contributed by atoms with Crippen LogP contribution >= 0.6 is 0 Å². The molecule has 0 aliphatic heterocycles. The third-order valence-electron chi connectivity index (χ3n) is 3.48. The van der Waals surface area contributed by atoms with Crippen molar-refractivity contribution >= 4 is 0 Å². The van der Waals surface area contributed by atoms with E-state index in [-0.39, 0.29) is 12.1 Å². The molecule has 1 heterocycles. The lowest BCUT2D eigenvalue weighted by molar-refractivity contribution is 0.161. The summed E-state index contributed by atoms with van der Waals surface area (Å²) < 4.78 is 5.53. The summed E-state index contributed by atoms with van der Waals surface area (Å²) in [7, 11) is 2.13. The zero-order valence-corrected chi connectivity index (χ0v) is 11.5. The van der Waals surface area contributed by atoms with Crippen LogP contribution in [0.4, 0.5) is 0 Å². The highest BCUT2D eigenvalue weighted by Gasteiger charge is 2.26. The van der Waals surface area contributed by atoms with Crippen molar-refractivity contribution in [3.63, 3.8) is 0 Å². The molecule has 3 nitrogen and oxygen atoms in total. The molecule has 17 heavy (non-hydrogen) atoms. The minimum Gasteiger partial charge on any atom is -0.468 e. The lowest BCUT2D eigenvalue weighted by atomic mass is 10.0. The third-order valence-corrected chi connectivity index (χ3v) is 3.48. The average molecular weight is 238 g/mol. The van der Waals surface area contributed by atoms with Gasteiger partial charge in [-0.15, -0.1) is 0 Å². The first-order chi connectivity index (χ1) is 8.10. The second-order valence-corrected chi connectivity index (χ2v) is 4.99. The Hall–Kier alpha value is -0.800. The molecule has 3 atom stereocenters. The maximum Gasteiger partial charge on any atom is 0.122 e. The highest BCUT2D eigenvalue weighted by atomic mass is 16.3. The monoisotopic (exact) mass is 238 g/mol. The van der Waals surface area contributed by atoms with Gasteiger partial charge in [0.25, 0.3) is 0 Å². The maximum absolute atomic E-state index is 6.22. The first-order valence-electron chi connectivity index (χ1n) is 6.59. The van der Waals surface area contributed by atoms with E-state index in [9.17, 15) is 0 Å². The van der Waals surface area contributed by atoms with Crippen LogP contribution in [0.3, 0.4) is 0 Å².